The minimum atomic E-state index is 0.144. The zero-order chi connectivity index (χ0) is 13.0. The Morgan fingerprint density at radius 1 is 1.28 bits per heavy atom. The predicted octanol–water partition coefficient (Wildman–Crippen LogP) is 4.30. The molecule has 3 N–H and O–H groups in total. The Labute approximate surface area is 119 Å². The molecule has 2 aromatic rings. The molecule has 0 aliphatic carbocycles. The van der Waals surface area contributed by atoms with Gasteiger partial charge in [-0.3, -0.25) is 5.41 Å². The molecule has 1 aromatic carbocycles. The first-order chi connectivity index (χ1) is 8.72. The van der Waals surface area contributed by atoms with Crippen molar-refractivity contribution in [2.45, 2.75) is 20.9 Å². The second-order valence-corrected chi connectivity index (χ2v) is 7.11. The first-order valence-corrected chi connectivity index (χ1v) is 8.22. The third-order valence-corrected chi connectivity index (χ3v) is 5.30. The summed E-state index contributed by atoms with van der Waals surface area (Å²) in [6.07, 6.45) is 0. The summed E-state index contributed by atoms with van der Waals surface area (Å²) in [6, 6.07) is 10.2. The maximum Gasteiger partial charge on any atom is 0.125 e. The summed E-state index contributed by atoms with van der Waals surface area (Å²) in [7, 11) is 0. The molecule has 0 bridgehead atoms. The van der Waals surface area contributed by atoms with Crippen LogP contribution in [0.15, 0.2) is 49.7 Å². The summed E-state index contributed by atoms with van der Waals surface area (Å²) in [5.74, 6) is 1.12. The van der Waals surface area contributed by atoms with Crippen molar-refractivity contribution in [1.29, 1.82) is 5.41 Å². The summed E-state index contributed by atoms with van der Waals surface area (Å²) >= 11 is 5.10. The van der Waals surface area contributed by atoms with Gasteiger partial charge in [-0.1, -0.05) is 30.8 Å². The fourth-order valence-corrected chi connectivity index (χ4v) is 4.39. The number of nitrogens with two attached hydrogens (primary N) is 1. The standard InChI is InChI=1S/C13H14N2S3/c1-2-16-9-5-3-6-10(12(9)13(14)15)18-11-7-4-8-17-11/h3-8H,2H2,1H3,(H3,14,15). The molecular weight excluding hydrogens is 280 g/mol. The summed E-state index contributed by atoms with van der Waals surface area (Å²) in [6.45, 7) is 2.10. The number of thioether (sulfide) groups is 1. The monoisotopic (exact) mass is 294 g/mol. The minimum Gasteiger partial charge on any atom is -0.384 e. The fraction of sp³-hybridized carbons (Fsp3) is 0.154. The van der Waals surface area contributed by atoms with Crippen LogP contribution in [0.5, 0.6) is 0 Å². The van der Waals surface area contributed by atoms with Crippen molar-refractivity contribution in [2.75, 3.05) is 5.75 Å². The second kappa shape index (κ2) is 6.31. The van der Waals surface area contributed by atoms with E-state index >= 15 is 0 Å². The van der Waals surface area contributed by atoms with Gasteiger partial charge in [-0.2, -0.15) is 0 Å². The zero-order valence-electron chi connectivity index (χ0n) is 9.97. The lowest BCUT2D eigenvalue weighted by atomic mass is 10.2. The molecule has 2 nitrogen and oxygen atoms in total. The number of hydrogen-bond acceptors (Lipinski definition) is 4. The predicted molar refractivity (Wildman–Crippen MR) is 82.3 cm³/mol. The maximum atomic E-state index is 7.78. The van der Waals surface area contributed by atoms with E-state index in [2.05, 4.69) is 18.4 Å². The van der Waals surface area contributed by atoms with Crippen molar-refractivity contribution in [3.63, 3.8) is 0 Å². The Kier molecular flexibility index (Phi) is 4.74. The molecular formula is C13H14N2S3. The number of thiophene rings is 1. The van der Waals surface area contributed by atoms with Crippen LogP contribution >= 0.6 is 34.9 Å². The van der Waals surface area contributed by atoms with Crippen LogP contribution in [0.4, 0.5) is 0 Å². The topological polar surface area (TPSA) is 49.9 Å². The van der Waals surface area contributed by atoms with E-state index in [0.29, 0.717) is 0 Å². The smallest absolute Gasteiger partial charge is 0.125 e. The molecule has 2 rings (SSSR count). The van der Waals surface area contributed by atoms with Crippen molar-refractivity contribution in [2.24, 2.45) is 5.73 Å². The van der Waals surface area contributed by atoms with Crippen LogP contribution in [-0.2, 0) is 0 Å². The van der Waals surface area contributed by atoms with E-state index in [9.17, 15) is 0 Å². The van der Waals surface area contributed by atoms with E-state index in [1.165, 1.54) is 4.21 Å². The number of nitrogens with one attached hydrogen (secondary N) is 1. The highest BCUT2D eigenvalue weighted by atomic mass is 32.2. The molecule has 94 valence electrons. The van der Waals surface area contributed by atoms with Gasteiger partial charge in [-0.15, -0.1) is 23.1 Å². The van der Waals surface area contributed by atoms with Crippen LogP contribution in [0.1, 0.15) is 12.5 Å². The lowest BCUT2D eigenvalue weighted by Gasteiger charge is -2.11. The molecule has 0 atom stereocenters. The van der Waals surface area contributed by atoms with E-state index in [4.69, 9.17) is 11.1 Å². The highest BCUT2D eigenvalue weighted by Crippen LogP contribution is 2.37. The van der Waals surface area contributed by atoms with Crippen molar-refractivity contribution in [1.82, 2.24) is 0 Å². The Balaban J connectivity index is 2.39. The van der Waals surface area contributed by atoms with Crippen molar-refractivity contribution >= 4 is 40.7 Å². The lowest BCUT2D eigenvalue weighted by Crippen LogP contribution is -2.13. The van der Waals surface area contributed by atoms with Gasteiger partial charge >= 0.3 is 0 Å². The second-order valence-electron chi connectivity index (χ2n) is 3.51. The first kappa shape index (κ1) is 13.5. The quantitative estimate of drug-likeness (QED) is 0.491. The summed E-state index contributed by atoms with van der Waals surface area (Å²) < 4.78 is 1.22. The molecule has 5 heteroatoms. The minimum absolute atomic E-state index is 0.144. The summed E-state index contributed by atoms with van der Waals surface area (Å²) in [4.78, 5) is 2.15. The molecule has 1 aromatic heterocycles. The molecule has 0 unspecified atom stereocenters. The number of benzene rings is 1. The van der Waals surface area contributed by atoms with Gasteiger partial charge < -0.3 is 5.73 Å². The largest absolute Gasteiger partial charge is 0.384 e. The SMILES string of the molecule is CCSc1cccc(Sc2cccs2)c1C(=N)N. The average molecular weight is 294 g/mol. The molecule has 1 heterocycles. The molecule has 0 aliphatic heterocycles. The van der Waals surface area contributed by atoms with Crippen molar-refractivity contribution in [3.8, 4) is 0 Å². The lowest BCUT2D eigenvalue weighted by molar-refractivity contribution is 1.25. The number of hydrogen-bond donors (Lipinski definition) is 2. The zero-order valence-corrected chi connectivity index (χ0v) is 12.4. The molecule has 0 radical (unpaired) electrons. The fourth-order valence-electron chi connectivity index (χ4n) is 1.57. The first-order valence-electron chi connectivity index (χ1n) is 5.54. The summed E-state index contributed by atoms with van der Waals surface area (Å²) in [5, 5.41) is 9.83. The molecule has 0 saturated heterocycles. The van der Waals surface area contributed by atoms with E-state index in [1.807, 2.05) is 24.3 Å². The third kappa shape index (κ3) is 3.10. The molecule has 0 aliphatic rings. The van der Waals surface area contributed by atoms with Gasteiger partial charge in [0.25, 0.3) is 0 Å². The Hall–Kier alpha value is -0.910. The van der Waals surface area contributed by atoms with E-state index in [0.717, 1.165) is 21.1 Å². The third-order valence-electron chi connectivity index (χ3n) is 2.26. The van der Waals surface area contributed by atoms with Crippen LogP contribution in [0, 0.1) is 5.41 Å². The Bertz CT molecular complexity index is 535. The molecule has 0 amide bonds. The van der Waals surface area contributed by atoms with E-state index in [-0.39, 0.29) is 5.84 Å². The van der Waals surface area contributed by atoms with Gasteiger partial charge in [-0.25, -0.2) is 0 Å². The van der Waals surface area contributed by atoms with Crippen LogP contribution in [0.2, 0.25) is 0 Å². The Morgan fingerprint density at radius 2 is 2.06 bits per heavy atom. The number of nitrogen functional groups attached to an aromatic ring is 1. The van der Waals surface area contributed by atoms with Crippen LogP contribution in [0.3, 0.4) is 0 Å². The van der Waals surface area contributed by atoms with Crippen LogP contribution in [0.25, 0.3) is 0 Å². The highest BCUT2D eigenvalue weighted by Gasteiger charge is 2.12. The normalized spacial score (nSPS) is 10.5. The number of amidine groups is 1. The van der Waals surface area contributed by atoms with Crippen LogP contribution in [-0.4, -0.2) is 11.6 Å². The molecule has 18 heavy (non-hydrogen) atoms. The maximum absolute atomic E-state index is 7.78. The van der Waals surface area contributed by atoms with Gasteiger partial charge in [0.2, 0.25) is 0 Å². The van der Waals surface area contributed by atoms with E-state index < -0.39 is 0 Å². The molecule has 0 saturated carbocycles. The van der Waals surface area contributed by atoms with Crippen LogP contribution < -0.4 is 5.73 Å². The van der Waals surface area contributed by atoms with Gasteiger partial charge in [0.05, 0.1) is 4.21 Å². The molecule has 0 spiro atoms. The highest BCUT2D eigenvalue weighted by molar-refractivity contribution is 8.01. The average Bonchev–Trinajstić information content (AvgIpc) is 2.82. The van der Waals surface area contributed by atoms with Gasteiger partial charge in [-0.05, 0) is 29.3 Å². The van der Waals surface area contributed by atoms with Gasteiger partial charge in [0, 0.05) is 15.4 Å². The van der Waals surface area contributed by atoms with Gasteiger partial charge in [0.1, 0.15) is 5.84 Å². The van der Waals surface area contributed by atoms with Gasteiger partial charge in [0.15, 0.2) is 0 Å². The summed E-state index contributed by atoms with van der Waals surface area (Å²) in [5.41, 5.74) is 6.60. The van der Waals surface area contributed by atoms with Crippen molar-refractivity contribution in [3.05, 3.63) is 41.3 Å². The van der Waals surface area contributed by atoms with E-state index in [1.54, 1.807) is 34.9 Å². The molecule has 0 fully saturated rings. The number of rotatable bonds is 5. The van der Waals surface area contributed by atoms with Crippen molar-refractivity contribution < 1.29 is 0 Å². The Morgan fingerprint density at radius 3 is 2.67 bits per heavy atom.